The van der Waals surface area contributed by atoms with Gasteiger partial charge in [0.2, 0.25) is 0 Å². The zero-order valence-corrected chi connectivity index (χ0v) is 15.8. The number of nitrogens with zero attached hydrogens (tertiary/aromatic N) is 1. The molecular weight excluding hydrogens is 380 g/mol. The molecule has 0 spiro atoms. The van der Waals surface area contributed by atoms with Gasteiger partial charge in [-0.25, -0.2) is 0 Å². The summed E-state index contributed by atoms with van der Waals surface area (Å²) in [5.74, 6) is 0.668. The fourth-order valence-corrected chi connectivity index (χ4v) is 3.32. The third kappa shape index (κ3) is 5.31. The number of rotatable bonds is 6. The van der Waals surface area contributed by atoms with Crippen LogP contribution in [0.2, 0.25) is 0 Å². The van der Waals surface area contributed by atoms with Crippen LogP contribution in [0.3, 0.4) is 0 Å². The van der Waals surface area contributed by atoms with Gasteiger partial charge in [0.1, 0.15) is 12.4 Å². The Labute approximate surface area is 157 Å². The Hall–Kier alpha value is -1.85. The Kier molecular flexibility index (Phi) is 6.48. The lowest BCUT2D eigenvalue weighted by molar-refractivity contribution is 0.102. The van der Waals surface area contributed by atoms with Crippen LogP contribution < -0.4 is 10.1 Å². The van der Waals surface area contributed by atoms with E-state index in [4.69, 9.17) is 4.74 Å². The number of benzene rings is 2. The molecule has 25 heavy (non-hydrogen) atoms. The van der Waals surface area contributed by atoms with Crippen LogP contribution in [0.5, 0.6) is 5.75 Å². The van der Waals surface area contributed by atoms with Crippen LogP contribution in [0.1, 0.15) is 29.6 Å². The summed E-state index contributed by atoms with van der Waals surface area (Å²) < 4.78 is 6.66. The average molecular weight is 403 g/mol. The van der Waals surface area contributed by atoms with E-state index in [0.717, 1.165) is 22.5 Å². The number of nitrogens with one attached hydrogen (secondary N) is 1. The topological polar surface area (TPSA) is 41.6 Å². The number of carbonyl (C=O) groups excluding carboxylic acids is 1. The third-order valence-electron chi connectivity index (χ3n) is 4.36. The summed E-state index contributed by atoms with van der Waals surface area (Å²) in [5, 5.41) is 2.90. The molecule has 1 heterocycles. The maximum atomic E-state index is 12.3. The first kappa shape index (κ1) is 18.0. The summed E-state index contributed by atoms with van der Waals surface area (Å²) in [6.07, 6.45) is 3.93. The van der Waals surface area contributed by atoms with Crippen molar-refractivity contribution in [2.24, 2.45) is 0 Å². The number of piperidine rings is 1. The highest BCUT2D eigenvalue weighted by Crippen LogP contribution is 2.22. The van der Waals surface area contributed by atoms with Gasteiger partial charge in [0.05, 0.1) is 5.69 Å². The molecule has 1 aliphatic heterocycles. The monoisotopic (exact) mass is 402 g/mol. The molecule has 1 fully saturated rings. The van der Waals surface area contributed by atoms with Crippen molar-refractivity contribution in [2.45, 2.75) is 19.3 Å². The molecule has 1 saturated heterocycles. The van der Waals surface area contributed by atoms with Crippen LogP contribution in [-0.4, -0.2) is 37.0 Å². The number of amides is 1. The van der Waals surface area contributed by atoms with Crippen molar-refractivity contribution in [2.75, 3.05) is 31.6 Å². The van der Waals surface area contributed by atoms with Crippen LogP contribution in [-0.2, 0) is 0 Å². The van der Waals surface area contributed by atoms with Crippen LogP contribution in [0, 0.1) is 0 Å². The molecule has 0 bridgehead atoms. The quantitative estimate of drug-likeness (QED) is 0.769. The maximum Gasteiger partial charge on any atom is 0.255 e. The van der Waals surface area contributed by atoms with E-state index in [1.54, 1.807) is 12.1 Å². The zero-order valence-electron chi connectivity index (χ0n) is 14.2. The summed E-state index contributed by atoms with van der Waals surface area (Å²) in [7, 11) is 0. The summed E-state index contributed by atoms with van der Waals surface area (Å²) in [6.45, 7) is 4.00. The minimum Gasteiger partial charge on any atom is -0.492 e. The first-order valence-corrected chi connectivity index (χ1v) is 9.53. The molecule has 2 aromatic rings. The van der Waals surface area contributed by atoms with E-state index >= 15 is 0 Å². The lowest BCUT2D eigenvalue weighted by atomic mass is 10.1. The van der Waals surface area contributed by atoms with Crippen LogP contribution in [0.25, 0.3) is 0 Å². The van der Waals surface area contributed by atoms with Gasteiger partial charge < -0.3 is 10.1 Å². The van der Waals surface area contributed by atoms with Crippen molar-refractivity contribution in [1.82, 2.24) is 4.90 Å². The van der Waals surface area contributed by atoms with Gasteiger partial charge in [-0.15, -0.1) is 0 Å². The Morgan fingerprint density at radius 1 is 1.04 bits per heavy atom. The highest BCUT2D eigenvalue weighted by Gasteiger charge is 2.10. The maximum absolute atomic E-state index is 12.3. The number of halogens is 1. The van der Waals surface area contributed by atoms with Crippen molar-refractivity contribution in [1.29, 1.82) is 0 Å². The average Bonchev–Trinajstić information content (AvgIpc) is 2.65. The molecule has 5 heteroatoms. The van der Waals surface area contributed by atoms with Crippen molar-refractivity contribution in [3.8, 4) is 5.75 Å². The Morgan fingerprint density at radius 2 is 1.76 bits per heavy atom. The van der Waals surface area contributed by atoms with Gasteiger partial charge in [-0.3, -0.25) is 9.69 Å². The van der Waals surface area contributed by atoms with Gasteiger partial charge >= 0.3 is 0 Å². The number of hydrogen-bond donors (Lipinski definition) is 1. The van der Waals surface area contributed by atoms with Crippen LogP contribution in [0.15, 0.2) is 53.0 Å². The highest BCUT2D eigenvalue weighted by molar-refractivity contribution is 9.10. The normalized spacial score (nSPS) is 14.9. The standard InChI is InChI=1S/C20H23BrN2O2/c21-18-6-2-3-7-19(18)22-20(24)16-8-10-17(11-9-16)25-15-14-23-12-4-1-5-13-23/h2-3,6-11H,1,4-5,12-15H2,(H,22,24). The van der Waals surface area contributed by atoms with Crippen molar-refractivity contribution in [3.63, 3.8) is 0 Å². The summed E-state index contributed by atoms with van der Waals surface area (Å²) in [5.41, 5.74) is 1.37. The number of ether oxygens (including phenoxy) is 1. The van der Waals surface area contributed by atoms with Gasteiger partial charge in [-0.2, -0.15) is 0 Å². The van der Waals surface area contributed by atoms with Crippen molar-refractivity contribution in [3.05, 3.63) is 58.6 Å². The van der Waals surface area contributed by atoms with Crippen molar-refractivity contribution >= 4 is 27.5 Å². The first-order chi connectivity index (χ1) is 12.2. The molecule has 1 N–H and O–H groups in total. The van der Waals surface area contributed by atoms with Crippen LogP contribution >= 0.6 is 15.9 Å². The number of likely N-dealkylation sites (tertiary alicyclic amines) is 1. The fourth-order valence-electron chi connectivity index (χ4n) is 2.94. The lowest BCUT2D eigenvalue weighted by Gasteiger charge is -2.26. The minimum atomic E-state index is -0.133. The van der Waals surface area contributed by atoms with E-state index in [0.29, 0.717) is 12.2 Å². The molecule has 0 aromatic heterocycles. The minimum absolute atomic E-state index is 0.133. The number of hydrogen-bond acceptors (Lipinski definition) is 3. The molecule has 0 saturated carbocycles. The predicted octanol–water partition coefficient (Wildman–Crippen LogP) is 4.57. The second-order valence-corrected chi connectivity index (χ2v) is 7.06. The number of para-hydroxylation sites is 1. The van der Waals surface area contributed by atoms with Gasteiger partial charge in [-0.1, -0.05) is 18.6 Å². The van der Waals surface area contributed by atoms with Gasteiger partial charge in [0.25, 0.3) is 5.91 Å². The Balaban J connectivity index is 1.49. The molecule has 132 valence electrons. The molecule has 2 aromatic carbocycles. The largest absolute Gasteiger partial charge is 0.492 e. The molecular formula is C20H23BrN2O2. The molecule has 0 aliphatic carbocycles. The summed E-state index contributed by atoms with van der Waals surface area (Å²) >= 11 is 3.43. The molecule has 1 aliphatic rings. The second kappa shape index (κ2) is 9.02. The molecule has 0 radical (unpaired) electrons. The fraction of sp³-hybridized carbons (Fsp3) is 0.350. The molecule has 3 rings (SSSR count). The smallest absolute Gasteiger partial charge is 0.255 e. The molecule has 0 unspecified atom stereocenters. The van der Waals surface area contributed by atoms with E-state index in [1.807, 2.05) is 36.4 Å². The third-order valence-corrected chi connectivity index (χ3v) is 5.05. The summed E-state index contributed by atoms with van der Waals surface area (Å²) in [4.78, 5) is 14.8. The lowest BCUT2D eigenvalue weighted by Crippen LogP contribution is -2.33. The molecule has 0 atom stereocenters. The summed E-state index contributed by atoms with van der Waals surface area (Å²) in [6, 6.07) is 14.9. The molecule has 1 amide bonds. The zero-order chi connectivity index (χ0) is 17.5. The predicted molar refractivity (Wildman–Crippen MR) is 104 cm³/mol. The number of carbonyl (C=O) groups is 1. The second-order valence-electron chi connectivity index (χ2n) is 6.21. The Morgan fingerprint density at radius 3 is 2.48 bits per heavy atom. The van der Waals surface area contributed by atoms with E-state index < -0.39 is 0 Å². The van der Waals surface area contributed by atoms with Crippen LogP contribution in [0.4, 0.5) is 5.69 Å². The molecule has 4 nitrogen and oxygen atoms in total. The first-order valence-electron chi connectivity index (χ1n) is 8.73. The van der Waals surface area contributed by atoms with Gasteiger partial charge in [0, 0.05) is 16.6 Å². The van der Waals surface area contributed by atoms with E-state index in [-0.39, 0.29) is 5.91 Å². The van der Waals surface area contributed by atoms with E-state index in [2.05, 4.69) is 26.1 Å². The Bertz CT molecular complexity index is 697. The van der Waals surface area contributed by atoms with E-state index in [1.165, 1.54) is 32.4 Å². The van der Waals surface area contributed by atoms with Gasteiger partial charge in [-0.05, 0) is 78.3 Å². The van der Waals surface area contributed by atoms with Crippen molar-refractivity contribution < 1.29 is 9.53 Å². The number of anilines is 1. The SMILES string of the molecule is O=C(Nc1ccccc1Br)c1ccc(OCCN2CCCCC2)cc1. The van der Waals surface area contributed by atoms with Gasteiger partial charge in [0.15, 0.2) is 0 Å². The highest BCUT2D eigenvalue weighted by atomic mass is 79.9. The van der Waals surface area contributed by atoms with E-state index in [9.17, 15) is 4.79 Å².